The fourth-order valence-electron chi connectivity index (χ4n) is 3.05. The molecule has 0 aliphatic rings. The Bertz CT molecular complexity index is 1120. The standard InChI is InChI=1S/C23H21F4NO3S/c1-28(32(29,30)21-13-9-19(24)10-14-21)16-15-22(17-5-3-2-4-6-17)31-20-11-7-18(8-12-20)23(25,26)27/h2-14,22H,15-16H2,1H3. The van der Waals surface area contributed by atoms with Gasteiger partial charge in [-0.2, -0.15) is 13.2 Å². The molecule has 0 amide bonds. The normalized spacial score (nSPS) is 13.2. The molecule has 9 heteroatoms. The maximum absolute atomic E-state index is 13.1. The molecule has 170 valence electrons. The molecule has 0 aliphatic heterocycles. The smallest absolute Gasteiger partial charge is 0.416 e. The summed E-state index contributed by atoms with van der Waals surface area (Å²) in [6, 6.07) is 17.8. The molecule has 0 N–H and O–H groups in total. The molecule has 0 bridgehead atoms. The van der Waals surface area contributed by atoms with Crippen LogP contribution in [0.3, 0.4) is 0 Å². The number of halogens is 4. The minimum absolute atomic E-state index is 0.0404. The lowest BCUT2D eigenvalue weighted by molar-refractivity contribution is -0.137. The molecule has 1 atom stereocenters. The maximum Gasteiger partial charge on any atom is 0.416 e. The Balaban J connectivity index is 1.76. The van der Waals surface area contributed by atoms with E-state index in [9.17, 15) is 26.0 Å². The van der Waals surface area contributed by atoms with E-state index in [0.29, 0.717) is 0 Å². The van der Waals surface area contributed by atoms with Gasteiger partial charge in [-0.05, 0) is 54.1 Å². The van der Waals surface area contributed by atoms with Crippen LogP contribution in [-0.4, -0.2) is 26.3 Å². The predicted octanol–water partition coefficient (Wildman–Crippen LogP) is 5.68. The molecule has 3 rings (SSSR count). The van der Waals surface area contributed by atoms with Crippen LogP contribution < -0.4 is 4.74 Å². The maximum atomic E-state index is 13.1. The van der Waals surface area contributed by atoms with Crippen LogP contribution in [0.1, 0.15) is 23.7 Å². The first kappa shape index (κ1) is 23.7. The molecule has 0 fully saturated rings. The lowest BCUT2D eigenvalue weighted by Crippen LogP contribution is -2.29. The molecule has 0 aliphatic carbocycles. The summed E-state index contributed by atoms with van der Waals surface area (Å²) in [5.74, 6) is -0.309. The van der Waals surface area contributed by atoms with Crippen molar-refractivity contribution in [3.05, 3.63) is 95.8 Å². The minimum Gasteiger partial charge on any atom is -0.486 e. The van der Waals surface area contributed by atoms with Crippen LogP contribution in [0.15, 0.2) is 83.8 Å². The van der Waals surface area contributed by atoms with Gasteiger partial charge in [0.1, 0.15) is 17.7 Å². The fraction of sp³-hybridized carbons (Fsp3) is 0.217. The summed E-state index contributed by atoms with van der Waals surface area (Å²) in [6.07, 6.45) is -4.81. The molecule has 0 radical (unpaired) electrons. The van der Waals surface area contributed by atoms with Crippen molar-refractivity contribution in [2.24, 2.45) is 0 Å². The Morgan fingerprint density at radius 3 is 2.06 bits per heavy atom. The molecule has 4 nitrogen and oxygen atoms in total. The van der Waals surface area contributed by atoms with E-state index in [-0.39, 0.29) is 23.6 Å². The largest absolute Gasteiger partial charge is 0.486 e. The van der Waals surface area contributed by atoms with E-state index in [4.69, 9.17) is 4.74 Å². The van der Waals surface area contributed by atoms with Crippen molar-refractivity contribution in [1.29, 1.82) is 0 Å². The van der Waals surface area contributed by atoms with Gasteiger partial charge in [0.2, 0.25) is 10.0 Å². The van der Waals surface area contributed by atoms with Crippen LogP contribution in [0, 0.1) is 5.82 Å². The van der Waals surface area contributed by atoms with E-state index >= 15 is 0 Å². The minimum atomic E-state index is -4.45. The number of benzene rings is 3. The topological polar surface area (TPSA) is 46.6 Å². The van der Waals surface area contributed by atoms with Crippen molar-refractivity contribution in [3.8, 4) is 5.75 Å². The summed E-state index contributed by atoms with van der Waals surface area (Å²) in [5.41, 5.74) is -0.0359. The molecule has 32 heavy (non-hydrogen) atoms. The zero-order valence-electron chi connectivity index (χ0n) is 17.1. The Labute approximate surface area is 184 Å². The van der Waals surface area contributed by atoms with Gasteiger partial charge >= 0.3 is 6.18 Å². The number of rotatable bonds is 8. The van der Waals surface area contributed by atoms with Gasteiger partial charge in [-0.25, -0.2) is 17.1 Å². The molecule has 0 aromatic heterocycles. The van der Waals surface area contributed by atoms with Crippen molar-refractivity contribution in [3.63, 3.8) is 0 Å². The highest BCUT2D eigenvalue weighted by Crippen LogP contribution is 2.32. The van der Waals surface area contributed by atoms with Gasteiger partial charge in [0.15, 0.2) is 0 Å². The lowest BCUT2D eigenvalue weighted by atomic mass is 10.1. The highest BCUT2D eigenvalue weighted by molar-refractivity contribution is 7.89. The van der Waals surface area contributed by atoms with Crippen molar-refractivity contribution < 1.29 is 30.7 Å². The highest BCUT2D eigenvalue weighted by atomic mass is 32.2. The molecule has 0 saturated carbocycles. The van der Waals surface area contributed by atoms with E-state index in [2.05, 4.69) is 0 Å². The third-order valence-corrected chi connectivity index (χ3v) is 6.73. The number of hydrogen-bond acceptors (Lipinski definition) is 3. The van der Waals surface area contributed by atoms with Crippen molar-refractivity contribution in [2.75, 3.05) is 13.6 Å². The average molecular weight is 467 g/mol. The number of ether oxygens (including phenoxy) is 1. The van der Waals surface area contributed by atoms with Crippen molar-refractivity contribution in [2.45, 2.75) is 23.6 Å². The zero-order chi connectivity index (χ0) is 23.4. The first-order chi connectivity index (χ1) is 15.1. The fourth-order valence-corrected chi connectivity index (χ4v) is 4.24. The van der Waals surface area contributed by atoms with E-state index < -0.39 is 33.7 Å². The third-order valence-electron chi connectivity index (χ3n) is 4.86. The first-order valence-electron chi connectivity index (χ1n) is 9.68. The predicted molar refractivity (Wildman–Crippen MR) is 112 cm³/mol. The Hall–Kier alpha value is -2.91. The van der Waals surface area contributed by atoms with Gasteiger partial charge in [-0.1, -0.05) is 30.3 Å². The molecule has 3 aromatic rings. The van der Waals surface area contributed by atoms with Crippen LogP contribution in [0.2, 0.25) is 0 Å². The zero-order valence-corrected chi connectivity index (χ0v) is 17.9. The van der Waals surface area contributed by atoms with Crippen LogP contribution in [0.25, 0.3) is 0 Å². The van der Waals surface area contributed by atoms with Gasteiger partial charge in [0.05, 0.1) is 10.5 Å². The summed E-state index contributed by atoms with van der Waals surface area (Å²) >= 11 is 0. The quantitative estimate of drug-likeness (QED) is 0.401. The van der Waals surface area contributed by atoms with Crippen LogP contribution in [0.5, 0.6) is 5.75 Å². The Morgan fingerprint density at radius 2 is 1.50 bits per heavy atom. The van der Waals surface area contributed by atoms with E-state index in [1.807, 2.05) is 6.07 Å². The van der Waals surface area contributed by atoms with Crippen molar-refractivity contribution >= 4 is 10.0 Å². The molecule has 3 aromatic carbocycles. The van der Waals surface area contributed by atoms with Gasteiger partial charge in [-0.3, -0.25) is 0 Å². The van der Waals surface area contributed by atoms with Crippen LogP contribution in [0.4, 0.5) is 17.6 Å². The number of sulfonamides is 1. The summed E-state index contributed by atoms with van der Waals surface area (Å²) in [7, 11) is -2.44. The second-order valence-corrected chi connectivity index (χ2v) is 9.15. The summed E-state index contributed by atoms with van der Waals surface area (Å²) in [5, 5.41) is 0. The van der Waals surface area contributed by atoms with Gasteiger partial charge < -0.3 is 4.74 Å². The molecule has 0 saturated heterocycles. The number of alkyl halides is 3. The summed E-state index contributed by atoms with van der Waals surface area (Å²) < 4.78 is 84.1. The molecule has 0 spiro atoms. The highest BCUT2D eigenvalue weighted by Gasteiger charge is 2.30. The monoisotopic (exact) mass is 467 g/mol. The second kappa shape index (κ2) is 9.70. The van der Waals surface area contributed by atoms with Crippen LogP contribution >= 0.6 is 0 Å². The van der Waals surface area contributed by atoms with Gasteiger partial charge in [0.25, 0.3) is 0 Å². The SMILES string of the molecule is CN(CCC(Oc1ccc(C(F)(F)F)cc1)c1ccccc1)S(=O)(=O)c1ccc(F)cc1. The van der Waals surface area contributed by atoms with Crippen LogP contribution in [-0.2, 0) is 16.2 Å². The second-order valence-electron chi connectivity index (χ2n) is 7.11. The molecular weight excluding hydrogens is 446 g/mol. The van der Waals surface area contributed by atoms with E-state index in [0.717, 1.165) is 34.1 Å². The molecule has 0 heterocycles. The Morgan fingerprint density at radius 1 is 0.906 bits per heavy atom. The first-order valence-corrected chi connectivity index (χ1v) is 11.1. The van der Waals surface area contributed by atoms with Crippen molar-refractivity contribution in [1.82, 2.24) is 4.31 Å². The molecule has 1 unspecified atom stereocenters. The number of nitrogens with zero attached hydrogens (tertiary/aromatic N) is 1. The Kier molecular flexibility index (Phi) is 7.20. The summed E-state index contributed by atoms with van der Waals surface area (Å²) in [6.45, 7) is 0.0694. The van der Waals surface area contributed by atoms with Gasteiger partial charge in [0, 0.05) is 20.0 Å². The molecular formula is C23H21F4NO3S. The van der Waals surface area contributed by atoms with E-state index in [1.165, 1.54) is 31.3 Å². The summed E-state index contributed by atoms with van der Waals surface area (Å²) in [4.78, 5) is -0.0404. The van der Waals surface area contributed by atoms with Gasteiger partial charge in [-0.15, -0.1) is 0 Å². The van der Waals surface area contributed by atoms with E-state index in [1.54, 1.807) is 24.3 Å². The third kappa shape index (κ3) is 5.86. The average Bonchev–Trinajstić information content (AvgIpc) is 2.77. The number of hydrogen-bond donors (Lipinski definition) is 0. The lowest BCUT2D eigenvalue weighted by Gasteiger charge is -2.23.